The summed E-state index contributed by atoms with van der Waals surface area (Å²) in [7, 11) is 0. The summed E-state index contributed by atoms with van der Waals surface area (Å²) >= 11 is 0. The first-order valence-corrected chi connectivity index (χ1v) is 6.59. The van der Waals surface area contributed by atoms with Gasteiger partial charge in [0.1, 0.15) is 0 Å². The van der Waals surface area contributed by atoms with Crippen LogP contribution in [0.4, 0.5) is 5.95 Å². The average Bonchev–Trinajstić information content (AvgIpc) is 2.33. The van der Waals surface area contributed by atoms with Gasteiger partial charge >= 0.3 is 5.97 Å². The lowest BCUT2D eigenvalue weighted by Crippen LogP contribution is -2.51. The molecule has 0 saturated heterocycles. The Balaban J connectivity index is 1.79. The number of nitrogens with one attached hydrogen (secondary N) is 1. The Kier molecular flexibility index (Phi) is 4.31. The number of rotatable bonds is 6. The van der Waals surface area contributed by atoms with Crippen molar-refractivity contribution in [2.24, 2.45) is 0 Å². The Morgan fingerprint density at radius 1 is 1.47 bits per heavy atom. The van der Waals surface area contributed by atoms with Crippen LogP contribution in [-0.4, -0.2) is 51.1 Å². The van der Waals surface area contributed by atoms with Crippen molar-refractivity contribution in [2.45, 2.75) is 38.8 Å². The second kappa shape index (κ2) is 5.97. The van der Waals surface area contributed by atoms with E-state index in [4.69, 9.17) is 5.11 Å². The van der Waals surface area contributed by atoms with Gasteiger partial charge in [-0.15, -0.1) is 0 Å². The van der Waals surface area contributed by atoms with Gasteiger partial charge in [-0.05, 0) is 31.9 Å². The van der Waals surface area contributed by atoms with E-state index in [1.54, 1.807) is 12.4 Å². The minimum Gasteiger partial charge on any atom is -0.480 e. The Bertz CT molecular complexity index is 429. The van der Waals surface area contributed by atoms with Gasteiger partial charge in [0.05, 0.1) is 6.54 Å². The summed E-state index contributed by atoms with van der Waals surface area (Å²) in [5.41, 5.74) is 1.04. The van der Waals surface area contributed by atoms with Gasteiger partial charge < -0.3 is 10.4 Å². The third kappa shape index (κ3) is 3.64. The van der Waals surface area contributed by atoms with E-state index in [-0.39, 0.29) is 6.54 Å². The number of anilines is 1. The Hall–Kier alpha value is -1.69. The quantitative estimate of drug-likeness (QED) is 0.802. The highest BCUT2D eigenvalue weighted by Crippen LogP contribution is 2.27. The molecule has 1 aromatic heterocycles. The normalized spacial score (nSPS) is 22.1. The molecule has 104 valence electrons. The van der Waals surface area contributed by atoms with Gasteiger partial charge in [-0.3, -0.25) is 9.69 Å². The maximum atomic E-state index is 10.7. The van der Waals surface area contributed by atoms with Crippen molar-refractivity contribution >= 4 is 11.9 Å². The molecule has 0 amide bonds. The molecule has 1 aliphatic rings. The number of carbonyl (C=O) groups is 1. The van der Waals surface area contributed by atoms with E-state index in [0.29, 0.717) is 18.0 Å². The zero-order valence-corrected chi connectivity index (χ0v) is 11.3. The van der Waals surface area contributed by atoms with Crippen molar-refractivity contribution in [2.75, 3.05) is 18.4 Å². The van der Waals surface area contributed by atoms with Crippen molar-refractivity contribution in [1.29, 1.82) is 0 Å². The standard InChI is InChI=1S/C13H20N4O2/c1-3-17(8-12(18)19)11-4-10(5-11)16-13-14-6-9(2)7-15-13/h6-7,10-11H,3-5,8H2,1-2H3,(H,18,19)(H,14,15,16). The number of aliphatic carboxylic acids is 1. The minimum atomic E-state index is -0.764. The zero-order chi connectivity index (χ0) is 13.8. The van der Waals surface area contributed by atoms with E-state index < -0.39 is 5.97 Å². The molecule has 0 unspecified atom stereocenters. The van der Waals surface area contributed by atoms with Crippen molar-refractivity contribution in [1.82, 2.24) is 14.9 Å². The minimum absolute atomic E-state index is 0.120. The molecule has 0 bridgehead atoms. The van der Waals surface area contributed by atoms with Crippen LogP contribution in [0.1, 0.15) is 25.3 Å². The number of aryl methyl sites for hydroxylation is 1. The van der Waals surface area contributed by atoms with Gasteiger partial charge in [-0.25, -0.2) is 9.97 Å². The molecule has 1 aliphatic carbocycles. The van der Waals surface area contributed by atoms with Gasteiger partial charge in [0.25, 0.3) is 0 Å². The molecule has 19 heavy (non-hydrogen) atoms. The summed E-state index contributed by atoms with van der Waals surface area (Å²) in [6.45, 7) is 4.83. The molecule has 0 spiro atoms. The summed E-state index contributed by atoms with van der Waals surface area (Å²) in [6, 6.07) is 0.694. The highest BCUT2D eigenvalue weighted by atomic mass is 16.4. The van der Waals surface area contributed by atoms with E-state index in [0.717, 1.165) is 24.9 Å². The molecule has 6 nitrogen and oxygen atoms in total. The number of carboxylic acid groups (broad SMARTS) is 1. The first-order chi connectivity index (χ1) is 9.08. The maximum absolute atomic E-state index is 10.7. The lowest BCUT2D eigenvalue weighted by molar-refractivity contribution is -0.139. The maximum Gasteiger partial charge on any atom is 0.317 e. The number of hydrogen-bond donors (Lipinski definition) is 2. The lowest BCUT2D eigenvalue weighted by Gasteiger charge is -2.42. The third-order valence-corrected chi connectivity index (χ3v) is 3.49. The first kappa shape index (κ1) is 13.7. The highest BCUT2D eigenvalue weighted by molar-refractivity contribution is 5.69. The van der Waals surface area contributed by atoms with E-state index in [1.807, 2.05) is 18.7 Å². The SMILES string of the molecule is CCN(CC(=O)O)C1CC(Nc2ncc(C)cn2)C1. The molecule has 1 aromatic rings. The number of aromatic nitrogens is 2. The third-order valence-electron chi connectivity index (χ3n) is 3.49. The van der Waals surface area contributed by atoms with Gasteiger partial charge in [0, 0.05) is 24.5 Å². The van der Waals surface area contributed by atoms with Gasteiger partial charge in [-0.2, -0.15) is 0 Å². The molecular weight excluding hydrogens is 244 g/mol. The summed E-state index contributed by atoms with van der Waals surface area (Å²) in [5.74, 6) is -0.115. The lowest BCUT2D eigenvalue weighted by atomic mass is 9.85. The van der Waals surface area contributed by atoms with Gasteiger partial charge in [-0.1, -0.05) is 6.92 Å². The van der Waals surface area contributed by atoms with E-state index in [2.05, 4.69) is 15.3 Å². The van der Waals surface area contributed by atoms with Crippen LogP contribution >= 0.6 is 0 Å². The molecule has 6 heteroatoms. The molecule has 1 fully saturated rings. The first-order valence-electron chi connectivity index (χ1n) is 6.59. The molecule has 2 rings (SSSR count). The van der Waals surface area contributed by atoms with Crippen LogP contribution in [0.3, 0.4) is 0 Å². The summed E-state index contributed by atoms with van der Waals surface area (Å²) in [6.07, 6.45) is 5.46. The molecule has 1 heterocycles. The monoisotopic (exact) mass is 264 g/mol. The van der Waals surface area contributed by atoms with Crippen LogP contribution in [0, 0.1) is 6.92 Å². The number of carboxylic acids is 1. The Labute approximate surface area is 112 Å². The molecule has 0 atom stereocenters. The number of hydrogen-bond acceptors (Lipinski definition) is 5. The van der Waals surface area contributed by atoms with Crippen LogP contribution in [0.2, 0.25) is 0 Å². The molecule has 0 radical (unpaired) electrons. The van der Waals surface area contributed by atoms with Gasteiger partial charge in [0.15, 0.2) is 0 Å². The van der Waals surface area contributed by atoms with Crippen LogP contribution in [0.5, 0.6) is 0 Å². The largest absolute Gasteiger partial charge is 0.480 e. The average molecular weight is 264 g/mol. The molecule has 1 saturated carbocycles. The van der Waals surface area contributed by atoms with E-state index in [1.165, 1.54) is 0 Å². The fourth-order valence-corrected chi connectivity index (χ4v) is 2.33. The smallest absolute Gasteiger partial charge is 0.317 e. The van der Waals surface area contributed by atoms with Crippen LogP contribution < -0.4 is 5.32 Å². The van der Waals surface area contributed by atoms with Crippen molar-refractivity contribution < 1.29 is 9.90 Å². The Morgan fingerprint density at radius 2 is 2.11 bits per heavy atom. The topological polar surface area (TPSA) is 78.4 Å². The zero-order valence-electron chi connectivity index (χ0n) is 11.3. The predicted octanol–water partition coefficient (Wildman–Crippen LogP) is 1.13. The summed E-state index contributed by atoms with van der Waals surface area (Å²) in [4.78, 5) is 21.2. The molecule has 2 N–H and O–H groups in total. The number of nitrogens with zero attached hydrogens (tertiary/aromatic N) is 3. The van der Waals surface area contributed by atoms with E-state index in [9.17, 15) is 4.79 Å². The van der Waals surface area contributed by atoms with Crippen LogP contribution in [0.15, 0.2) is 12.4 Å². The molecule has 0 aliphatic heterocycles. The van der Waals surface area contributed by atoms with E-state index >= 15 is 0 Å². The second-order valence-electron chi connectivity index (χ2n) is 5.01. The molecular formula is C13H20N4O2. The summed E-state index contributed by atoms with van der Waals surface area (Å²) in [5, 5.41) is 12.1. The predicted molar refractivity (Wildman–Crippen MR) is 72.1 cm³/mol. The highest BCUT2D eigenvalue weighted by Gasteiger charge is 2.34. The van der Waals surface area contributed by atoms with Crippen LogP contribution in [0.25, 0.3) is 0 Å². The van der Waals surface area contributed by atoms with Gasteiger partial charge in [0.2, 0.25) is 5.95 Å². The van der Waals surface area contributed by atoms with Crippen molar-refractivity contribution in [3.05, 3.63) is 18.0 Å². The Morgan fingerprint density at radius 3 is 2.63 bits per heavy atom. The fraction of sp³-hybridized carbons (Fsp3) is 0.615. The molecule has 0 aromatic carbocycles. The van der Waals surface area contributed by atoms with Crippen LogP contribution in [-0.2, 0) is 4.79 Å². The van der Waals surface area contributed by atoms with Crippen molar-refractivity contribution in [3.63, 3.8) is 0 Å². The second-order valence-corrected chi connectivity index (χ2v) is 5.01. The van der Waals surface area contributed by atoms with Crippen molar-refractivity contribution in [3.8, 4) is 0 Å². The fourth-order valence-electron chi connectivity index (χ4n) is 2.33. The summed E-state index contributed by atoms with van der Waals surface area (Å²) < 4.78 is 0. The number of likely N-dealkylation sites (N-methyl/N-ethyl adjacent to an activating group) is 1.